The van der Waals surface area contributed by atoms with Crippen LogP contribution < -0.4 is 27.4 Å². The Labute approximate surface area is 188 Å². The summed E-state index contributed by atoms with van der Waals surface area (Å²) in [5, 5.41) is 16.4. The van der Waals surface area contributed by atoms with Crippen molar-refractivity contribution in [2.24, 2.45) is 17.4 Å². The SMILES string of the molecule is CC(C)C(NC(=O)C(Cc1ccccc1)NC(=O)C(N)CCCCN)C(=O)NCC(=O)O. The molecular formula is C22H35N5O5. The Morgan fingerprint density at radius 1 is 0.969 bits per heavy atom. The molecule has 1 aromatic rings. The van der Waals surface area contributed by atoms with E-state index >= 15 is 0 Å². The molecule has 1 aromatic carbocycles. The van der Waals surface area contributed by atoms with Gasteiger partial charge in [-0.25, -0.2) is 0 Å². The smallest absolute Gasteiger partial charge is 0.322 e. The number of carbonyl (C=O) groups is 4. The van der Waals surface area contributed by atoms with Crippen molar-refractivity contribution in [1.82, 2.24) is 16.0 Å². The van der Waals surface area contributed by atoms with Gasteiger partial charge in [0.2, 0.25) is 17.7 Å². The zero-order valence-corrected chi connectivity index (χ0v) is 18.7. The summed E-state index contributed by atoms with van der Waals surface area (Å²) in [4.78, 5) is 48.7. The van der Waals surface area contributed by atoms with Crippen LogP contribution in [0, 0.1) is 5.92 Å². The minimum atomic E-state index is -1.19. The number of nitrogens with one attached hydrogen (secondary N) is 3. The van der Waals surface area contributed by atoms with Crippen molar-refractivity contribution in [3.05, 3.63) is 35.9 Å². The van der Waals surface area contributed by atoms with Gasteiger partial charge in [-0.2, -0.15) is 0 Å². The highest BCUT2D eigenvalue weighted by Gasteiger charge is 2.30. The topological polar surface area (TPSA) is 177 Å². The molecule has 3 atom stereocenters. The third-order valence-corrected chi connectivity index (χ3v) is 4.88. The Hall–Kier alpha value is -2.98. The van der Waals surface area contributed by atoms with Crippen LogP contribution in [0.25, 0.3) is 0 Å². The highest BCUT2D eigenvalue weighted by Crippen LogP contribution is 2.08. The van der Waals surface area contributed by atoms with E-state index in [-0.39, 0.29) is 12.3 Å². The first-order chi connectivity index (χ1) is 15.1. The van der Waals surface area contributed by atoms with Gasteiger partial charge in [0.25, 0.3) is 0 Å². The number of aliphatic carboxylic acids is 1. The second-order valence-electron chi connectivity index (χ2n) is 7.98. The Kier molecular flexibility index (Phi) is 12.0. The normalized spacial score (nSPS) is 13.7. The van der Waals surface area contributed by atoms with Crippen LogP contribution in [0.4, 0.5) is 0 Å². The van der Waals surface area contributed by atoms with Crippen LogP contribution in [0.1, 0.15) is 38.7 Å². The fourth-order valence-corrected chi connectivity index (χ4v) is 3.04. The highest BCUT2D eigenvalue weighted by molar-refractivity contribution is 5.93. The predicted octanol–water partition coefficient (Wildman–Crippen LogP) is -0.488. The molecule has 10 nitrogen and oxygen atoms in total. The summed E-state index contributed by atoms with van der Waals surface area (Å²) in [6.45, 7) is 3.40. The number of benzene rings is 1. The first-order valence-corrected chi connectivity index (χ1v) is 10.8. The van der Waals surface area contributed by atoms with Gasteiger partial charge in [-0.05, 0) is 30.9 Å². The van der Waals surface area contributed by atoms with Crippen LogP contribution in [0.3, 0.4) is 0 Å². The summed E-state index contributed by atoms with van der Waals surface area (Å²) >= 11 is 0. The third kappa shape index (κ3) is 9.88. The molecule has 0 saturated carbocycles. The van der Waals surface area contributed by atoms with Gasteiger partial charge in [-0.1, -0.05) is 50.6 Å². The van der Waals surface area contributed by atoms with E-state index in [9.17, 15) is 19.2 Å². The van der Waals surface area contributed by atoms with Crippen molar-refractivity contribution >= 4 is 23.7 Å². The summed E-state index contributed by atoms with van der Waals surface area (Å²) in [5.74, 6) is -3.13. The largest absolute Gasteiger partial charge is 0.480 e. The maximum Gasteiger partial charge on any atom is 0.322 e. The Morgan fingerprint density at radius 3 is 2.19 bits per heavy atom. The quantitative estimate of drug-likeness (QED) is 0.208. The molecule has 0 bridgehead atoms. The minimum absolute atomic E-state index is 0.204. The number of unbranched alkanes of at least 4 members (excludes halogenated alkanes) is 1. The average Bonchev–Trinajstić information content (AvgIpc) is 2.75. The van der Waals surface area contributed by atoms with Crippen molar-refractivity contribution in [3.8, 4) is 0 Å². The molecule has 3 amide bonds. The second-order valence-corrected chi connectivity index (χ2v) is 7.98. The zero-order chi connectivity index (χ0) is 24.1. The van der Waals surface area contributed by atoms with E-state index in [4.69, 9.17) is 16.6 Å². The molecule has 0 aliphatic rings. The van der Waals surface area contributed by atoms with Gasteiger partial charge in [0.05, 0.1) is 6.04 Å². The molecule has 178 valence electrons. The molecule has 0 aromatic heterocycles. The van der Waals surface area contributed by atoms with Gasteiger partial charge in [0.1, 0.15) is 18.6 Å². The third-order valence-electron chi connectivity index (χ3n) is 4.88. The predicted molar refractivity (Wildman–Crippen MR) is 120 cm³/mol. The van der Waals surface area contributed by atoms with E-state index in [0.29, 0.717) is 19.4 Å². The zero-order valence-electron chi connectivity index (χ0n) is 18.7. The molecular weight excluding hydrogens is 414 g/mol. The van der Waals surface area contributed by atoms with E-state index in [2.05, 4.69) is 16.0 Å². The molecule has 10 heteroatoms. The molecule has 0 aliphatic carbocycles. The van der Waals surface area contributed by atoms with Crippen LogP contribution in [0.5, 0.6) is 0 Å². The molecule has 8 N–H and O–H groups in total. The molecule has 1 rings (SSSR count). The average molecular weight is 450 g/mol. The Balaban J connectivity index is 2.93. The summed E-state index contributed by atoms with van der Waals surface area (Å²) in [5.41, 5.74) is 12.3. The van der Waals surface area contributed by atoms with Gasteiger partial charge in [0, 0.05) is 6.42 Å². The molecule has 0 aliphatic heterocycles. The summed E-state index contributed by atoms with van der Waals surface area (Å²) in [6, 6.07) is 6.43. The number of nitrogens with two attached hydrogens (primary N) is 2. The molecule has 32 heavy (non-hydrogen) atoms. The number of carboxylic acids is 1. The first kappa shape index (κ1) is 27.1. The number of amides is 3. The summed E-state index contributed by atoms with van der Waals surface area (Å²) in [6.07, 6.45) is 2.08. The molecule has 0 radical (unpaired) electrons. The van der Waals surface area contributed by atoms with E-state index in [1.807, 2.05) is 30.3 Å². The monoisotopic (exact) mass is 449 g/mol. The Morgan fingerprint density at radius 2 is 1.62 bits per heavy atom. The lowest BCUT2D eigenvalue weighted by molar-refractivity contribution is -0.139. The van der Waals surface area contributed by atoms with Crippen molar-refractivity contribution < 1.29 is 24.3 Å². The lowest BCUT2D eigenvalue weighted by Crippen LogP contribution is -2.57. The van der Waals surface area contributed by atoms with Crippen LogP contribution in [-0.2, 0) is 25.6 Å². The molecule has 0 spiro atoms. The van der Waals surface area contributed by atoms with Gasteiger partial charge >= 0.3 is 5.97 Å². The minimum Gasteiger partial charge on any atom is -0.480 e. The van der Waals surface area contributed by atoms with Crippen molar-refractivity contribution in [2.45, 2.75) is 57.7 Å². The lowest BCUT2D eigenvalue weighted by atomic mass is 10.0. The molecule has 0 saturated heterocycles. The number of hydrogen-bond donors (Lipinski definition) is 6. The number of rotatable bonds is 14. The van der Waals surface area contributed by atoms with E-state index in [1.165, 1.54) is 0 Å². The number of hydrogen-bond acceptors (Lipinski definition) is 6. The van der Waals surface area contributed by atoms with Gasteiger partial charge < -0.3 is 32.5 Å². The van der Waals surface area contributed by atoms with E-state index in [0.717, 1.165) is 12.0 Å². The fraction of sp³-hybridized carbons (Fsp3) is 0.545. The van der Waals surface area contributed by atoms with Crippen LogP contribution >= 0.6 is 0 Å². The van der Waals surface area contributed by atoms with Gasteiger partial charge in [-0.15, -0.1) is 0 Å². The van der Waals surface area contributed by atoms with Crippen LogP contribution in [-0.4, -0.2) is 60.0 Å². The standard InChI is InChI=1S/C22H35N5O5/c1-14(2)19(22(32)25-13-18(28)29)27-21(31)17(12-15-8-4-3-5-9-15)26-20(30)16(24)10-6-7-11-23/h3-5,8-9,14,16-17,19H,6-7,10-13,23-24H2,1-2H3,(H,25,32)(H,26,30)(H,27,31)(H,28,29). The van der Waals surface area contributed by atoms with E-state index in [1.54, 1.807) is 13.8 Å². The molecule has 0 heterocycles. The number of carbonyl (C=O) groups excluding carboxylic acids is 3. The highest BCUT2D eigenvalue weighted by atomic mass is 16.4. The first-order valence-electron chi connectivity index (χ1n) is 10.8. The van der Waals surface area contributed by atoms with Crippen molar-refractivity contribution in [2.75, 3.05) is 13.1 Å². The number of carboxylic acid groups (broad SMARTS) is 1. The van der Waals surface area contributed by atoms with Gasteiger partial charge in [-0.3, -0.25) is 19.2 Å². The van der Waals surface area contributed by atoms with Crippen molar-refractivity contribution in [1.29, 1.82) is 0 Å². The summed E-state index contributed by atoms with van der Waals surface area (Å²) in [7, 11) is 0. The maximum absolute atomic E-state index is 13.0. The maximum atomic E-state index is 13.0. The van der Waals surface area contributed by atoms with Crippen LogP contribution in [0.2, 0.25) is 0 Å². The van der Waals surface area contributed by atoms with Gasteiger partial charge in [0.15, 0.2) is 0 Å². The van der Waals surface area contributed by atoms with E-state index < -0.39 is 48.4 Å². The second kappa shape index (κ2) is 14.2. The van der Waals surface area contributed by atoms with Crippen molar-refractivity contribution in [3.63, 3.8) is 0 Å². The summed E-state index contributed by atoms with van der Waals surface area (Å²) < 4.78 is 0. The molecule has 3 unspecified atom stereocenters. The lowest BCUT2D eigenvalue weighted by Gasteiger charge is -2.26. The fourth-order valence-electron chi connectivity index (χ4n) is 3.04. The van der Waals surface area contributed by atoms with Crippen LogP contribution in [0.15, 0.2) is 30.3 Å². The Bertz CT molecular complexity index is 756. The molecule has 0 fully saturated rings.